The second kappa shape index (κ2) is 7.31. The van der Waals surface area contributed by atoms with Gasteiger partial charge in [0.2, 0.25) is 5.91 Å². The van der Waals surface area contributed by atoms with Crippen LogP contribution in [0.3, 0.4) is 0 Å². The first-order chi connectivity index (χ1) is 10.1. The van der Waals surface area contributed by atoms with E-state index in [1.165, 1.54) is 19.3 Å². The van der Waals surface area contributed by atoms with E-state index < -0.39 is 0 Å². The molecule has 1 aromatic carbocycles. The highest BCUT2D eigenvalue weighted by molar-refractivity contribution is 5.92. The minimum Gasteiger partial charge on any atom is -0.493 e. The summed E-state index contributed by atoms with van der Waals surface area (Å²) in [6.07, 6.45) is 3.60. The highest BCUT2D eigenvalue weighted by atomic mass is 16.5. The Bertz CT molecular complexity index is 490. The number of nitrogens with one attached hydrogen (secondary N) is 1. The Morgan fingerprint density at radius 3 is 2.71 bits per heavy atom. The van der Waals surface area contributed by atoms with Gasteiger partial charge in [-0.2, -0.15) is 0 Å². The molecule has 1 saturated heterocycles. The summed E-state index contributed by atoms with van der Waals surface area (Å²) in [5, 5.41) is 2.92. The number of nitrogens with zero attached hydrogens (tertiary/aromatic N) is 1. The number of piperidine rings is 1. The zero-order chi connectivity index (χ0) is 15.2. The molecule has 5 heteroatoms. The van der Waals surface area contributed by atoms with Gasteiger partial charge >= 0.3 is 0 Å². The number of benzene rings is 1. The summed E-state index contributed by atoms with van der Waals surface area (Å²) in [6.45, 7) is 3.62. The highest BCUT2D eigenvalue weighted by Crippen LogP contribution is 2.29. The van der Waals surface area contributed by atoms with Crippen LogP contribution in [0.5, 0.6) is 11.5 Å². The SMILES string of the molecule is COc1ccc(NC(=O)CN2CCCC[C@@H]2C)cc1OC. The Morgan fingerprint density at radius 2 is 2.05 bits per heavy atom. The zero-order valence-electron chi connectivity index (χ0n) is 13.0. The first-order valence-corrected chi connectivity index (χ1v) is 7.40. The van der Waals surface area contributed by atoms with Crippen molar-refractivity contribution in [1.82, 2.24) is 4.90 Å². The van der Waals surface area contributed by atoms with E-state index in [9.17, 15) is 4.79 Å². The van der Waals surface area contributed by atoms with Crippen LogP contribution in [-0.2, 0) is 4.79 Å². The Morgan fingerprint density at radius 1 is 1.29 bits per heavy atom. The quantitative estimate of drug-likeness (QED) is 0.906. The van der Waals surface area contributed by atoms with Gasteiger partial charge in [0.1, 0.15) is 0 Å². The highest BCUT2D eigenvalue weighted by Gasteiger charge is 2.20. The Hall–Kier alpha value is -1.75. The fourth-order valence-corrected chi connectivity index (χ4v) is 2.69. The lowest BCUT2D eigenvalue weighted by atomic mass is 10.0. The van der Waals surface area contributed by atoms with Gasteiger partial charge in [-0.05, 0) is 38.4 Å². The normalized spacial score (nSPS) is 19.1. The maximum Gasteiger partial charge on any atom is 0.238 e. The minimum absolute atomic E-state index is 0.0102. The third-order valence-electron chi connectivity index (χ3n) is 3.95. The minimum atomic E-state index is 0.0102. The van der Waals surface area contributed by atoms with Crippen LogP contribution < -0.4 is 14.8 Å². The number of likely N-dealkylation sites (tertiary alicyclic amines) is 1. The molecule has 1 fully saturated rings. The van der Waals surface area contributed by atoms with Crippen molar-refractivity contribution in [3.63, 3.8) is 0 Å². The van der Waals surface area contributed by atoms with E-state index in [1.807, 2.05) is 6.07 Å². The van der Waals surface area contributed by atoms with E-state index >= 15 is 0 Å². The van der Waals surface area contributed by atoms with Crippen LogP contribution in [0, 0.1) is 0 Å². The summed E-state index contributed by atoms with van der Waals surface area (Å²) in [7, 11) is 3.17. The molecule has 0 unspecified atom stereocenters. The summed E-state index contributed by atoms with van der Waals surface area (Å²) < 4.78 is 10.4. The number of hydrogen-bond acceptors (Lipinski definition) is 4. The molecule has 1 aromatic rings. The van der Waals surface area contributed by atoms with Crippen LogP contribution in [0.15, 0.2) is 18.2 Å². The number of hydrogen-bond donors (Lipinski definition) is 1. The molecular weight excluding hydrogens is 268 g/mol. The molecule has 0 bridgehead atoms. The molecule has 0 spiro atoms. The summed E-state index contributed by atoms with van der Waals surface area (Å²) in [5.74, 6) is 1.28. The fourth-order valence-electron chi connectivity index (χ4n) is 2.69. The van der Waals surface area contributed by atoms with Crippen LogP contribution in [0.1, 0.15) is 26.2 Å². The smallest absolute Gasteiger partial charge is 0.238 e. The average Bonchev–Trinajstić information content (AvgIpc) is 2.49. The van der Waals surface area contributed by atoms with Crippen LogP contribution in [0.4, 0.5) is 5.69 Å². The molecule has 1 aliphatic rings. The van der Waals surface area contributed by atoms with Crippen molar-refractivity contribution in [1.29, 1.82) is 0 Å². The van der Waals surface area contributed by atoms with Crippen molar-refractivity contribution >= 4 is 11.6 Å². The van der Waals surface area contributed by atoms with Gasteiger partial charge < -0.3 is 14.8 Å². The van der Waals surface area contributed by atoms with Gasteiger partial charge in [-0.15, -0.1) is 0 Å². The Balaban J connectivity index is 1.96. The fraction of sp³-hybridized carbons (Fsp3) is 0.562. The lowest BCUT2D eigenvalue weighted by Gasteiger charge is -2.32. The van der Waals surface area contributed by atoms with E-state index in [-0.39, 0.29) is 5.91 Å². The maximum atomic E-state index is 12.2. The topological polar surface area (TPSA) is 50.8 Å². The third-order valence-corrected chi connectivity index (χ3v) is 3.95. The Labute approximate surface area is 126 Å². The number of methoxy groups -OCH3 is 2. The van der Waals surface area contributed by atoms with Gasteiger partial charge in [0, 0.05) is 17.8 Å². The first kappa shape index (κ1) is 15.6. The van der Waals surface area contributed by atoms with Gasteiger partial charge in [0.15, 0.2) is 11.5 Å². The molecule has 116 valence electrons. The molecule has 0 radical (unpaired) electrons. The van der Waals surface area contributed by atoms with Gasteiger partial charge in [-0.3, -0.25) is 9.69 Å². The second-order valence-electron chi connectivity index (χ2n) is 5.43. The molecule has 1 aliphatic heterocycles. The molecule has 1 N–H and O–H groups in total. The van der Waals surface area contributed by atoms with E-state index in [4.69, 9.17) is 9.47 Å². The average molecular weight is 292 g/mol. The largest absolute Gasteiger partial charge is 0.493 e. The lowest BCUT2D eigenvalue weighted by molar-refractivity contribution is -0.118. The number of amides is 1. The van der Waals surface area contributed by atoms with Crippen LogP contribution in [-0.4, -0.2) is 44.2 Å². The van der Waals surface area contributed by atoms with Crippen LogP contribution in [0.2, 0.25) is 0 Å². The maximum absolute atomic E-state index is 12.2. The predicted molar refractivity (Wildman–Crippen MR) is 83.1 cm³/mol. The molecule has 0 aromatic heterocycles. The number of anilines is 1. The predicted octanol–water partition coefficient (Wildman–Crippen LogP) is 2.52. The monoisotopic (exact) mass is 292 g/mol. The van der Waals surface area contributed by atoms with E-state index in [0.29, 0.717) is 24.1 Å². The number of rotatable bonds is 5. The molecule has 0 aliphatic carbocycles. The third kappa shape index (κ3) is 4.11. The van der Waals surface area contributed by atoms with Crippen molar-refractivity contribution in [2.75, 3.05) is 32.6 Å². The van der Waals surface area contributed by atoms with Crippen LogP contribution in [0.25, 0.3) is 0 Å². The number of ether oxygens (including phenoxy) is 2. The number of carbonyl (C=O) groups excluding carboxylic acids is 1. The molecule has 1 amide bonds. The van der Waals surface area contributed by atoms with Crippen molar-refractivity contribution in [2.24, 2.45) is 0 Å². The van der Waals surface area contributed by atoms with E-state index in [1.54, 1.807) is 26.4 Å². The molecule has 21 heavy (non-hydrogen) atoms. The number of carbonyl (C=O) groups is 1. The van der Waals surface area contributed by atoms with Gasteiger partial charge in [-0.1, -0.05) is 6.42 Å². The second-order valence-corrected chi connectivity index (χ2v) is 5.43. The van der Waals surface area contributed by atoms with Gasteiger partial charge in [0.25, 0.3) is 0 Å². The van der Waals surface area contributed by atoms with Crippen LogP contribution >= 0.6 is 0 Å². The summed E-state index contributed by atoms with van der Waals surface area (Å²) >= 11 is 0. The van der Waals surface area contributed by atoms with Gasteiger partial charge in [-0.25, -0.2) is 0 Å². The standard InChI is InChI=1S/C16H24N2O3/c1-12-6-4-5-9-18(12)11-16(19)17-13-7-8-14(20-2)15(10-13)21-3/h7-8,10,12H,4-6,9,11H2,1-3H3,(H,17,19)/t12-/m0/s1. The van der Waals surface area contributed by atoms with Crippen molar-refractivity contribution < 1.29 is 14.3 Å². The molecule has 0 saturated carbocycles. The van der Waals surface area contributed by atoms with Crippen molar-refractivity contribution in [3.05, 3.63) is 18.2 Å². The lowest BCUT2D eigenvalue weighted by Crippen LogP contribution is -2.42. The molecular formula is C16H24N2O3. The van der Waals surface area contributed by atoms with Crippen molar-refractivity contribution in [3.8, 4) is 11.5 Å². The van der Waals surface area contributed by atoms with E-state index in [2.05, 4.69) is 17.1 Å². The Kier molecular flexibility index (Phi) is 5.44. The summed E-state index contributed by atoms with van der Waals surface area (Å²) in [5.41, 5.74) is 0.724. The first-order valence-electron chi connectivity index (χ1n) is 7.40. The molecule has 1 atom stereocenters. The zero-order valence-corrected chi connectivity index (χ0v) is 13.0. The summed E-state index contributed by atoms with van der Waals surface area (Å²) in [4.78, 5) is 14.4. The molecule has 2 rings (SSSR count). The van der Waals surface area contributed by atoms with Crippen molar-refractivity contribution in [2.45, 2.75) is 32.2 Å². The molecule has 1 heterocycles. The van der Waals surface area contributed by atoms with Gasteiger partial charge in [0.05, 0.1) is 20.8 Å². The van der Waals surface area contributed by atoms with E-state index in [0.717, 1.165) is 12.2 Å². The summed E-state index contributed by atoms with van der Waals surface area (Å²) in [6, 6.07) is 5.86. The molecule has 5 nitrogen and oxygen atoms in total.